The van der Waals surface area contributed by atoms with Crippen LogP contribution in [0, 0.1) is 6.92 Å². The topological polar surface area (TPSA) is 26.0 Å². The zero-order valence-corrected chi connectivity index (χ0v) is 9.79. The molecule has 1 atom stereocenters. The largest absolute Gasteiger partial charge is 0.327 e. The monoisotopic (exact) mass is 203 g/mol. The maximum absolute atomic E-state index is 6.05. The lowest BCUT2D eigenvalue weighted by atomic mass is 10.0. The summed E-state index contributed by atoms with van der Waals surface area (Å²) in [4.78, 5) is 0. The smallest absolute Gasteiger partial charge is 0.00823 e. The van der Waals surface area contributed by atoms with Gasteiger partial charge in [0, 0.05) is 6.04 Å². The first-order valence-electron chi connectivity index (χ1n) is 5.53. The van der Waals surface area contributed by atoms with Gasteiger partial charge in [-0.05, 0) is 38.7 Å². The van der Waals surface area contributed by atoms with Crippen molar-refractivity contribution >= 4 is 0 Å². The molecule has 0 amide bonds. The standard InChI is InChI=1S/C14H21N/c1-11(2)4-9-14(15)10-13-7-5-12(3)6-8-13/h5-8,14H,1,4,9-10,15H2,2-3H3. The third kappa shape index (κ3) is 4.80. The van der Waals surface area contributed by atoms with Crippen molar-refractivity contribution in [3.63, 3.8) is 0 Å². The van der Waals surface area contributed by atoms with Gasteiger partial charge in [0.25, 0.3) is 0 Å². The molecule has 0 aromatic heterocycles. The van der Waals surface area contributed by atoms with Crippen molar-refractivity contribution in [3.05, 3.63) is 47.5 Å². The molecule has 1 aromatic rings. The fourth-order valence-electron chi connectivity index (χ4n) is 1.56. The van der Waals surface area contributed by atoms with Gasteiger partial charge in [0.2, 0.25) is 0 Å². The van der Waals surface area contributed by atoms with E-state index in [1.165, 1.54) is 16.7 Å². The Labute approximate surface area is 93.0 Å². The molecule has 0 fully saturated rings. The van der Waals surface area contributed by atoms with Crippen LogP contribution in [-0.2, 0) is 6.42 Å². The first kappa shape index (κ1) is 12.0. The van der Waals surface area contributed by atoms with Gasteiger partial charge in [-0.25, -0.2) is 0 Å². The van der Waals surface area contributed by atoms with Crippen LogP contribution in [0.3, 0.4) is 0 Å². The molecule has 1 nitrogen and oxygen atoms in total. The molecule has 0 saturated heterocycles. The quantitative estimate of drug-likeness (QED) is 0.731. The van der Waals surface area contributed by atoms with E-state index in [1.807, 2.05) is 0 Å². The Morgan fingerprint density at radius 1 is 1.33 bits per heavy atom. The van der Waals surface area contributed by atoms with Gasteiger partial charge in [-0.3, -0.25) is 0 Å². The summed E-state index contributed by atoms with van der Waals surface area (Å²) >= 11 is 0. The minimum Gasteiger partial charge on any atom is -0.327 e. The Bertz CT molecular complexity index is 311. The second kappa shape index (κ2) is 5.72. The summed E-state index contributed by atoms with van der Waals surface area (Å²) < 4.78 is 0. The SMILES string of the molecule is C=C(C)CCC(N)Cc1ccc(C)cc1. The van der Waals surface area contributed by atoms with Gasteiger partial charge in [0.15, 0.2) is 0 Å². The predicted octanol–water partition coefficient (Wildman–Crippen LogP) is 3.22. The maximum Gasteiger partial charge on any atom is 0.00823 e. The number of hydrogen-bond acceptors (Lipinski definition) is 1. The van der Waals surface area contributed by atoms with Gasteiger partial charge in [0.1, 0.15) is 0 Å². The Hall–Kier alpha value is -1.08. The normalized spacial score (nSPS) is 12.5. The molecule has 1 heteroatoms. The summed E-state index contributed by atoms with van der Waals surface area (Å²) in [7, 11) is 0. The van der Waals surface area contributed by atoms with Gasteiger partial charge >= 0.3 is 0 Å². The van der Waals surface area contributed by atoms with E-state index in [9.17, 15) is 0 Å². The Morgan fingerprint density at radius 2 is 1.93 bits per heavy atom. The van der Waals surface area contributed by atoms with Gasteiger partial charge in [0.05, 0.1) is 0 Å². The van der Waals surface area contributed by atoms with Crippen molar-refractivity contribution in [1.29, 1.82) is 0 Å². The lowest BCUT2D eigenvalue weighted by Crippen LogP contribution is -2.22. The van der Waals surface area contributed by atoms with Crippen LogP contribution in [0.25, 0.3) is 0 Å². The number of nitrogens with two attached hydrogens (primary N) is 1. The van der Waals surface area contributed by atoms with E-state index in [4.69, 9.17) is 5.73 Å². The third-order valence-corrected chi connectivity index (χ3v) is 2.56. The lowest BCUT2D eigenvalue weighted by Gasteiger charge is -2.11. The zero-order valence-electron chi connectivity index (χ0n) is 9.79. The van der Waals surface area contributed by atoms with Crippen molar-refractivity contribution in [2.75, 3.05) is 0 Å². The number of aryl methyl sites for hydroxylation is 1. The van der Waals surface area contributed by atoms with Gasteiger partial charge < -0.3 is 5.73 Å². The molecule has 0 saturated carbocycles. The minimum absolute atomic E-state index is 0.254. The molecule has 1 unspecified atom stereocenters. The summed E-state index contributed by atoms with van der Waals surface area (Å²) in [6.45, 7) is 8.05. The van der Waals surface area contributed by atoms with E-state index in [1.54, 1.807) is 0 Å². The minimum atomic E-state index is 0.254. The van der Waals surface area contributed by atoms with Crippen molar-refractivity contribution in [2.45, 2.75) is 39.2 Å². The average molecular weight is 203 g/mol. The summed E-state index contributed by atoms with van der Waals surface area (Å²) in [5.41, 5.74) is 9.90. The molecule has 0 heterocycles. The van der Waals surface area contributed by atoms with Crippen LogP contribution in [-0.4, -0.2) is 6.04 Å². The molecule has 1 rings (SSSR count). The number of benzene rings is 1. The van der Waals surface area contributed by atoms with E-state index in [0.717, 1.165) is 19.3 Å². The highest BCUT2D eigenvalue weighted by molar-refractivity contribution is 5.22. The molecule has 0 aliphatic rings. The van der Waals surface area contributed by atoms with Crippen LogP contribution in [0.4, 0.5) is 0 Å². The summed E-state index contributed by atoms with van der Waals surface area (Å²) in [6.07, 6.45) is 3.03. The second-order valence-electron chi connectivity index (χ2n) is 4.45. The number of hydrogen-bond donors (Lipinski definition) is 1. The molecular formula is C14H21N. The Kier molecular flexibility index (Phi) is 4.57. The van der Waals surface area contributed by atoms with Crippen LogP contribution < -0.4 is 5.73 Å². The summed E-state index contributed by atoms with van der Waals surface area (Å²) in [6, 6.07) is 8.86. The molecule has 0 radical (unpaired) electrons. The molecule has 0 bridgehead atoms. The van der Waals surface area contributed by atoms with Crippen molar-refractivity contribution in [3.8, 4) is 0 Å². The molecule has 0 aliphatic carbocycles. The van der Waals surface area contributed by atoms with Gasteiger partial charge in [-0.15, -0.1) is 6.58 Å². The molecule has 0 aliphatic heterocycles. The number of allylic oxidation sites excluding steroid dienone is 1. The lowest BCUT2D eigenvalue weighted by molar-refractivity contribution is 0.609. The molecular weight excluding hydrogens is 182 g/mol. The third-order valence-electron chi connectivity index (χ3n) is 2.56. The predicted molar refractivity (Wildman–Crippen MR) is 66.9 cm³/mol. The van der Waals surface area contributed by atoms with Crippen molar-refractivity contribution in [2.24, 2.45) is 5.73 Å². The number of rotatable bonds is 5. The van der Waals surface area contributed by atoms with E-state index in [0.29, 0.717) is 0 Å². The summed E-state index contributed by atoms with van der Waals surface area (Å²) in [5.74, 6) is 0. The van der Waals surface area contributed by atoms with E-state index < -0.39 is 0 Å². The van der Waals surface area contributed by atoms with E-state index in [2.05, 4.69) is 44.7 Å². The fourth-order valence-corrected chi connectivity index (χ4v) is 1.56. The van der Waals surface area contributed by atoms with Crippen molar-refractivity contribution < 1.29 is 0 Å². The molecule has 2 N–H and O–H groups in total. The first-order valence-corrected chi connectivity index (χ1v) is 5.53. The second-order valence-corrected chi connectivity index (χ2v) is 4.45. The Morgan fingerprint density at radius 3 is 2.47 bits per heavy atom. The highest BCUT2D eigenvalue weighted by Crippen LogP contribution is 2.10. The van der Waals surface area contributed by atoms with E-state index in [-0.39, 0.29) is 6.04 Å². The fraction of sp³-hybridized carbons (Fsp3) is 0.429. The van der Waals surface area contributed by atoms with Crippen LogP contribution in [0.2, 0.25) is 0 Å². The molecule has 82 valence electrons. The van der Waals surface area contributed by atoms with E-state index >= 15 is 0 Å². The highest BCUT2D eigenvalue weighted by Gasteiger charge is 2.03. The first-order chi connectivity index (χ1) is 7.08. The molecule has 0 spiro atoms. The average Bonchev–Trinajstić information content (AvgIpc) is 2.19. The van der Waals surface area contributed by atoms with Gasteiger partial charge in [-0.2, -0.15) is 0 Å². The molecule has 15 heavy (non-hydrogen) atoms. The Balaban J connectivity index is 2.40. The zero-order chi connectivity index (χ0) is 11.3. The molecule has 1 aromatic carbocycles. The van der Waals surface area contributed by atoms with Crippen molar-refractivity contribution in [1.82, 2.24) is 0 Å². The van der Waals surface area contributed by atoms with Crippen LogP contribution in [0.1, 0.15) is 30.9 Å². The van der Waals surface area contributed by atoms with Crippen LogP contribution in [0.15, 0.2) is 36.4 Å². The summed E-state index contributed by atoms with van der Waals surface area (Å²) in [5, 5.41) is 0. The van der Waals surface area contributed by atoms with Crippen LogP contribution >= 0.6 is 0 Å². The highest BCUT2D eigenvalue weighted by atomic mass is 14.6. The maximum atomic E-state index is 6.05. The van der Waals surface area contributed by atoms with Gasteiger partial charge in [-0.1, -0.05) is 35.4 Å². The van der Waals surface area contributed by atoms with Crippen LogP contribution in [0.5, 0.6) is 0 Å².